The summed E-state index contributed by atoms with van der Waals surface area (Å²) in [5.41, 5.74) is 3.14. The van der Waals surface area contributed by atoms with Crippen molar-refractivity contribution in [2.24, 2.45) is 0 Å². The SMILES string of the molecule is CCS(=O)(=O)c1ccc(C(OCc2ccccc2)C(=O)Nc2nc3cc(CO)c(CO)cc3s2)cc1. The van der Waals surface area contributed by atoms with Crippen LogP contribution in [0.15, 0.2) is 71.6 Å². The van der Waals surface area contributed by atoms with Crippen LogP contribution in [-0.4, -0.2) is 35.3 Å². The topological polar surface area (TPSA) is 126 Å². The van der Waals surface area contributed by atoms with Gasteiger partial charge in [0.05, 0.1) is 40.7 Å². The fraction of sp³-hybridized carbons (Fsp3) is 0.231. The highest BCUT2D eigenvalue weighted by atomic mass is 32.2. The van der Waals surface area contributed by atoms with E-state index in [9.17, 15) is 23.4 Å². The summed E-state index contributed by atoms with van der Waals surface area (Å²) in [6.07, 6.45) is -1.02. The lowest BCUT2D eigenvalue weighted by Gasteiger charge is -2.18. The number of hydrogen-bond acceptors (Lipinski definition) is 8. The Morgan fingerprint density at radius 1 is 1.03 bits per heavy atom. The van der Waals surface area contributed by atoms with Gasteiger partial charge in [-0.15, -0.1) is 0 Å². The second-order valence-corrected chi connectivity index (χ2v) is 11.4. The summed E-state index contributed by atoms with van der Waals surface area (Å²) >= 11 is 1.24. The summed E-state index contributed by atoms with van der Waals surface area (Å²) in [5, 5.41) is 22.2. The number of aliphatic hydroxyl groups is 2. The van der Waals surface area contributed by atoms with Crippen molar-refractivity contribution < 1.29 is 28.2 Å². The molecule has 1 aromatic heterocycles. The minimum absolute atomic E-state index is 0.0195. The highest BCUT2D eigenvalue weighted by molar-refractivity contribution is 7.91. The largest absolute Gasteiger partial charge is 0.392 e. The monoisotopic (exact) mass is 526 g/mol. The molecular formula is C26H26N2O6S2. The van der Waals surface area contributed by atoms with Crippen molar-refractivity contribution >= 4 is 42.4 Å². The van der Waals surface area contributed by atoms with Gasteiger partial charge in [0.2, 0.25) is 0 Å². The average Bonchev–Trinajstić information content (AvgIpc) is 3.29. The lowest BCUT2D eigenvalue weighted by atomic mass is 10.1. The Kier molecular flexibility index (Phi) is 8.12. The molecule has 0 aliphatic heterocycles. The Morgan fingerprint density at radius 2 is 1.69 bits per heavy atom. The molecule has 0 saturated heterocycles. The zero-order valence-corrected chi connectivity index (χ0v) is 21.2. The molecule has 4 rings (SSSR count). The molecule has 1 amide bonds. The van der Waals surface area contributed by atoms with Gasteiger partial charge in [0.1, 0.15) is 0 Å². The van der Waals surface area contributed by atoms with Gasteiger partial charge >= 0.3 is 0 Å². The van der Waals surface area contributed by atoms with Crippen molar-refractivity contribution in [3.8, 4) is 0 Å². The fourth-order valence-electron chi connectivity index (χ4n) is 3.67. The number of fused-ring (bicyclic) bond motifs is 1. The van der Waals surface area contributed by atoms with Crippen LogP contribution in [0.4, 0.5) is 5.13 Å². The van der Waals surface area contributed by atoms with E-state index in [0.29, 0.717) is 27.3 Å². The molecule has 0 aliphatic rings. The van der Waals surface area contributed by atoms with Crippen molar-refractivity contribution in [1.29, 1.82) is 0 Å². The fourth-order valence-corrected chi connectivity index (χ4v) is 5.47. The third kappa shape index (κ3) is 5.80. The number of nitrogens with one attached hydrogen (secondary N) is 1. The summed E-state index contributed by atoms with van der Waals surface area (Å²) in [4.78, 5) is 18.0. The van der Waals surface area contributed by atoms with E-state index in [1.165, 1.54) is 23.5 Å². The maximum Gasteiger partial charge on any atom is 0.259 e. The van der Waals surface area contributed by atoms with E-state index >= 15 is 0 Å². The molecule has 36 heavy (non-hydrogen) atoms. The normalized spacial score (nSPS) is 12.5. The van der Waals surface area contributed by atoms with Gasteiger partial charge in [-0.3, -0.25) is 10.1 Å². The standard InChI is InChI=1S/C26H26N2O6S2/c1-2-36(32,33)21-10-8-18(9-11-21)24(34-16-17-6-4-3-5-7-17)25(31)28-26-27-22-12-19(14-29)20(15-30)13-23(22)35-26/h3-13,24,29-30H,2,14-16H2,1H3,(H,27,28,31). The number of aliphatic hydroxyl groups excluding tert-OH is 2. The van der Waals surface area contributed by atoms with Crippen molar-refractivity contribution in [1.82, 2.24) is 4.98 Å². The van der Waals surface area contributed by atoms with Crippen LogP contribution < -0.4 is 5.32 Å². The van der Waals surface area contributed by atoms with Crippen LogP contribution in [0.25, 0.3) is 10.2 Å². The Bertz CT molecular complexity index is 1410. The van der Waals surface area contributed by atoms with E-state index in [0.717, 1.165) is 10.3 Å². The lowest BCUT2D eigenvalue weighted by Crippen LogP contribution is -2.23. The van der Waals surface area contributed by atoms with Crippen LogP contribution >= 0.6 is 11.3 Å². The Morgan fingerprint density at radius 3 is 2.33 bits per heavy atom. The number of nitrogens with zero attached hydrogens (tertiary/aromatic N) is 1. The number of aromatic nitrogens is 1. The molecule has 1 heterocycles. The molecule has 0 bridgehead atoms. The molecule has 0 aliphatic carbocycles. The molecule has 4 aromatic rings. The molecule has 188 valence electrons. The quantitative estimate of drug-likeness (QED) is 0.285. The average molecular weight is 527 g/mol. The second-order valence-electron chi connectivity index (χ2n) is 8.06. The number of carbonyl (C=O) groups is 1. The Labute approximate surface area is 213 Å². The third-order valence-corrected chi connectivity index (χ3v) is 8.38. The van der Waals surface area contributed by atoms with Gasteiger partial charge in [-0.2, -0.15) is 0 Å². The van der Waals surface area contributed by atoms with Crippen LogP contribution in [0.1, 0.15) is 35.3 Å². The first kappa shape index (κ1) is 25.9. The number of benzene rings is 3. The molecule has 0 spiro atoms. The van der Waals surface area contributed by atoms with Crippen LogP contribution in [0.2, 0.25) is 0 Å². The number of carbonyl (C=O) groups excluding carboxylic acids is 1. The molecule has 0 radical (unpaired) electrons. The predicted molar refractivity (Wildman–Crippen MR) is 138 cm³/mol. The Balaban J connectivity index is 1.61. The second kappa shape index (κ2) is 11.3. The highest BCUT2D eigenvalue weighted by Gasteiger charge is 2.24. The summed E-state index contributed by atoms with van der Waals surface area (Å²) in [6.45, 7) is 1.30. The van der Waals surface area contributed by atoms with Crippen LogP contribution in [0, 0.1) is 0 Å². The molecular weight excluding hydrogens is 500 g/mol. The Hall–Kier alpha value is -3.15. The van der Waals surface area contributed by atoms with Gasteiger partial charge in [-0.25, -0.2) is 13.4 Å². The van der Waals surface area contributed by atoms with Gasteiger partial charge in [-0.1, -0.05) is 60.7 Å². The first-order chi connectivity index (χ1) is 17.3. The minimum atomic E-state index is -3.38. The summed E-state index contributed by atoms with van der Waals surface area (Å²) < 4.78 is 31.1. The van der Waals surface area contributed by atoms with E-state index in [1.807, 2.05) is 30.3 Å². The van der Waals surface area contributed by atoms with Gasteiger partial charge < -0.3 is 14.9 Å². The highest BCUT2D eigenvalue weighted by Crippen LogP contribution is 2.30. The van der Waals surface area contributed by atoms with Crippen LogP contribution in [0.5, 0.6) is 0 Å². The van der Waals surface area contributed by atoms with E-state index in [1.54, 1.807) is 31.2 Å². The molecule has 10 heteroatoms. The maximum absolute atomic E-state index is 13.3. The van der Waals surface area contributed by atoms with Gasteiger partial charge in [0.15, 0.2) is 21.1 Å². The number of sulfone groups is 1. The van der Waals surface area contributed by atoms with Crippen LogP contribution in [0.3, 0.4) is 0 Å². The third-order valence-electron chi connectivity index (χ3n) is 5.70. The van der Waals surface area contributed by atoms with Crippen molar-refractivity contribution in [3.05, 3.63) is 89.0 Å². The van der Waals surface area contributed by atoms with Gasteiger partial charge in [0.25, 0.3) is 5.91 Å². The van der Waals surface area contributed by atoms with Crippen molar-refractivity contribution in [2.75, 3.05) is 11.1 Å². The molecule has 3 aromatic carbocycles. The van der Waals surface area contributed by atoms with E-state index < -0.39 is 21.8 Å². The lowest BCUT2D eigenvalue weighted by molar-refractivity contribution is -0.128. The van der Waals surface area contributed by atoms with E-state index in [-0.39, 0.29) is 30.5 Å². The molecule has 0 saturated carbocycles. The summed E-state index contributed by atoms with van der Waals surface area (Å²) in [6, 6.07) is 18.9. The van der Waals surface area contributed by atoms with Gasteiger partial charge in [-0.05, 0) is 46.5 Å². The number of anilines is 1. The molecule has 1 unspecified atom stereocenters. The summed E-state index contributed by atoms with van der Waals surface area (Å²) in [5.74, 6) is -0.477. The number of hydrogen-bond donors (Lipinski definition) is 3. The van der Waals surface area contributed by atoms with Gasteiger partial charge in [0, 0.05) is 0 Å². The predicted octanol–water partition coefficient (Wildman–Crippen LogP) is 3.97. The minimum Gasteiger partial charge on any atom is -0.392 e. The van der Waals surface area contributed by atoms with E-state index in [2.05, 4.69) is 10.3 Å². The first-order valence-corrected chi connectivity index (χ1v) is 13.7. The maximum atomic E-state index is 13.3. The summed E-state index contributed by atoms with van der Waals surface area (Å²) in [7, 11) is -3.38. The number of rotatable bonds is 10. The number of amides is 1. The zero-order valence-electron chi connectivity index (χ0n) is 19.5. The number of thiazole rings is 1. The number of ether oxygens (including phenoxy) is 1. The molecule has 3 N–H and O–H groups in total. The van der Waals surface area contributed by atoms with Crippen LogP contribution in [-0.2, 0) is 39.2 Å². The van der Waals surface area contributed by atoms with Crippen molar-refractivity contribution in [3.63, 3.8) is 0 Å². The first-order valence-electron chi connectivity index (χ1n) is 11.3. The molecule has 8 nitrogen and oxygen atoms in total. The molecule has 1 atom stereocenters. The van der Waals surface area contributed by atoms with Crippen molar-refractivity contribution in [2.45, 2.75) is 37.7 Å². The zero-order chi connectivity index (χ0) is 25.7. The smallest absolute Gasteiger partial charge is 0.259 e. The van der Waals surface area contributed by atoms with E-state index in [4.69, 9.17) is 4.74 Å². The molecule has 0 fully saturated rings.